The molecule has 2 aromatic heterocycles. The number of aliphatic imine (C=N–C) groups is 1. The lowest BCUT2D eigenvalue weighted by Crippen LogP contribution is -2.17. The normalized spacial score (nSPS) is 12.1. The van der Waals surface area contributed by atoms with Crippen LogP contribution in [0.5, 0.6) is 5.88 Å². The van der Waals surface area contributed by atoms with Crippen LogP contribution in [0.2, 0.25) is 0 Å². The highest BCUT2D eigenvalue weighted by atomic mass is 16.6. The van der Waals surface area contributed by atoms with Crippen LogP contribution in [-0.4, -0.2) is 86.8 Å². The van der Waals surface area contributed by atoms with Gasteiger partial charge >= 0.3 is 11.6 Å². The number of benzene rings is 1. The maximum Gasteiger partial charge on any atom is 0.347 e. The highest BCUT2D eigenvalue weighted by molar-refractivity contribution is 6.18. The molecule has 1 N–H and O–H groups in total. The van der Waals surface area contributed by atoms with E-state index in [1.165, 1.54) is 18.3 Å². The van der Waals surface area contributed by atoms with Crippen molar-refractivity contribution in [3.05, 3.63) is 70.0 Å². The number of fused-ring (bicyclic) bond motifs is 1. The number of aromatic carboxylic acids is 1. The third kappa shape index (κ3) is 9.48. The molecule has 0 radical (unpaired) electrons. The fourth-order valence-corrected chi connectivity index (χ4v) is 3.74. The third-order valence-electron chi connectivity index (χ3n) is 5.62. The minimum absolute atomic E-state index is 0.00245. The first kappa shape index (κ1) is 31.4. The molecule has 0 fully saturated rings. The summed E-state index contributed by atoms with van der Waals surface area (Å²) in [5.74, 6) is -0.586. The second kappa shape index (κ2) is 16.9. The van der Waals surface area contributed by atoms with E-state index in [0.717, 1.165) is 5.56 Å². The molecule has 0 aliphatic heterocycles. The van der Waals surface area contributed by atoms with Crippen molar-refractivity contribution in [1.29, 1.82) is 0 Å². The van der Waals surface area contributed by atoms with Gasteiger partial charge in [-0.3, -0.25) is 4.99 Å². The Hall–Kier alpha value is -4.13. The number of carbonyl (C=O) groups is 1. The summed E-state index contributed by atoms with van der Waals surface area (Å²) in [5.41, 5.74) is 1.40. The smallest absolute Gasteiger partial charge is 0.347 e. The van der Waals surface area contributed by atoms with Gasteiger partial charge in [-0.25, -0.2) is 19.6 Å². The average Bonchev–Trinajstić information content (AvgIpc) is 2.96. The lowest BCUT2D eigenvalue weighted by molar-refractivity contribution is 0.00421. The molecular weight excluding hydrogens is 534 g/mol. The fraction of sp³-hybridized carbons (Fsp3) is 0.414. The number of ether oxygens (including phenoxy) is 5. The number of carboxylic acids is 1. The molecule has 3 aromatic rings. The van der Waals surface area contributed by atoms with Crippen molar-refractivity contribution in [2.45, 2.75) is 20.3 Å². The van der Waals surface area contributed by atoms with E-state index in [0.29, 0.717) is 61.8 Å². The van der Waals surface area contributed by atoms with Crippen LogP contribution >= 0.6 is 0 Å². The predicted molar refractivity (Wildman–Crippen MR) is 152 cm³/mol. The van der Waals surface area contributed by atoms with Crippen molar-refractivity contribution < 1.29 is 38.0 Å². The van der Waals surface area contributed by atoms with Gasteiger partial charge in [-0.05, 0) is 37.1 Å². The van der Waals surface area contributed by atoms with Gasteiger partial charge < -0.3 is 33.2 Å². The van der Waals surface area contributed by atoms with E-state index in [4.69, 9.17) is 33.2 Å². The molecule has 12 nitrogen and oxygen atoms in total. The topological polar surface area (TPSA) is 152 Å². The van der Waals surface area contributed by atoms with Crippen molar-refractivity contribution in [2.75, 3.05) is 59.9 Å². The Balaban J connectivity index is 1.31. The van der Waals surface area contributed by atoms with E-state index >= 15 is 0 Å². The number of aromatic nitrogens is 2. The monoisotopic (exact) mass is 569 g/mol. The van der Waals surface area contributed by atoms with Gasteiger partial charge in [-0.1, -0.05) is 25.1 Å². The molecule has 3 rings (SSSR count). The van der Waals surface area contributed by atoms with E-state index in [2.05, 4.69) is 15.0 Å². The Labute approximate surface area is 237 Å². The standard InChI is InChI=1S/C29H35N3O9/c1-4-7-21(27-32-23-10-5-8-20(2)24(23)29(35)41-27)25(30-3)39-18-16-37-14-12-36-13-15-38-17-19-40-26-22(28(33)34)9-6-11-31-26/h5-11H,4,12-19H2,1-3H3,(H,33,34)/b21-7+,30-25?. The summed E-state index contributed by atoms with van der Waals surface area (Å²) in [6.07, 6.45) is 3.98. The van der Waals surface area contributed by atoms with Crippen LogP contribution in [0.15, 0.2) is 56.8 Å². The molecule has 220 valence electrons. The third-order valence-corrected chi connectivity index (χ3v) is 5.62. The number of allylic oxidation sites excluding steroid dienone is 1. The highest BCUT2D eigenvalue weighted by Gasteiger charge is 2.18. The lowest BCUT2D eigenvalue weighted by Gasteiger charge is -2.12. The van der Waals surface area contributed by atoms with Gasteiger partial charge in [0.05, 0.1) is 56.1 Å². The van der Waals surface area contributed by atoms with E-state index in [1.807, 2.05) is 32.1 Å². The van der Waals surface area contributed by atoms with E-state index in [1.54, 1.807) is 13.1 Å². The number of hydrogen-bond donors (Lipinski definition) is 1. The number of aryl methyl sites for hydroxylation is 1. The highest BCUT2D eigenvalue weighted by Crippen LogP contribution is 2.20. The van der Waals surface area contributed by atoms with E-state index in [9.17, 15) is 9.59 Å². The molecule has 0 spiro atoms. The summed E-state index contributed by atoms with van der Waals surface area (Å²) in [6, 6.07) is 8.42. The summed E-state index contributed by atoms with van der Waals surface area (Å²) in [7, 11) is 1.59. The van der Waals surface area contributed by atoms with Crippen molar-refractivity contribution in [3.8, 4) is 5.88 Å². The zero-order chi connectivity index (χ0) is 29.5. The summed E-state index contributed by atoms with van der Waals surface area (Å²) in [6.45, 7) is 6.21. The Kier molecular flexibility index (Phi) is 12.9. The first-order valence-corrected chi connectivity index (χ1v) is 13.2. The Morgan fingerprint density at radius 3 is 2.34 bits per heavy atom. The summed E-state index contributed by atoms with van der Waals surface area (Å²) in [5, 5.41) is 9.57. The number of nitrogens with zero attached hydrogens (tertiary/aromatic N) is 3. The summed E-state index contributed by atoms with van der Waals surface area (Å²) in [4.78, 5) is 36.4. The molecule has 0 unspecified atom stereocenters. The van der Waals surface area contributed by atoms with Gasteiger partial charge in [0.25, 0.3) is 0 Å². The van der Waals surface area contributed by atoms with Crippen LogP contribution in [0.25, 0.3) is 16.5 Å². The van der Waals surface area contributed by atoms with Crippen molar-refractivity contribution in [2.24, 2.45) is 4.99 Å². The first-order valence-electron chi connectivity index (χ1n) is 13.2. The molecule has 0 saturated carbocycles. The maximum atomic E-state index is 12.6. The second-order valence-corrected chi connectivity index (χ2v) is 8.53. The molecule has 12 heteroatoms. The zero-order valence-corrected chi connectivity index (χ0v) is 23.5. The molecule has 0 amide bonds. The van der Waals surface area contributed by atoms with Gasteiger partial charge in [-0.2, -0.15) is 0 Å². The van der Waals surface area contributed by atoms with Gasteiger partial charge in [0.15, 0.2) is 0 Å². The Morgan fingerprint density at radius 1 is 1.00 bits per heavy atom. The van der Waals surface area contributed by atoms with E-state index in [-0.39, 0.29) is 37.2 Å². The SMILES string of the molecule is CC/C=C(\C(=NC)OCCOCCOCCOCCOc1ncccc1C(=O)O)c1nc2cccc(C)c2c(=O)o1. The average molecular weight is 570 g/mol. The molecule has 41 heavy (non-hydrogen) atoms. The van der Waals surface area contributed by atoms with Crippen molar-refractivity contribution in [3.63, 3.8) is 0 Å². The molecule has 2 heterocycles. The maximum absolute atomic E-state index is 12.6. The van der Waals surface area contributed by atoms with Gasteiger partial charge in [0, 0.05) is 13.2 Å². The van der Waals surface area contributed by atoms with Crippen molar-refractivity contribution >= 4 is 28.3 Å². The van der Waals surface area contributed by atoms with Crippen LogP contribution in [0, 0.1) is 6.92 Å². The molecule has 0 aliphatic rings. The molecule has 0 atom stereocenters. The minimum Gasteiger partial charge on any atom is -0.477 e. The lowest BCUT2D eigenvalue weighted by atomic mass is 10.1. The van der Waals surface area contributed by atoms with Crippen LogP contribution < -0.4 is 10.4 Å². The Morgan fingerprint density at radius 2 is 1.68 bits per heavy atom. The van der Waals surface area contributed by atoms with Gasteiger partial charge in [0.2, 0.25) is 17.7 Å². The molecule has 0 bridgehead atoms. The number of carboxylic acid groups (broad SMARTS) is 1. The predicted octanol–water partition coefficient (Wildman–Crippen LogP) is 3.56. The first-order chi connectivity index (χ1) is 20.0. The quantitative estimate of drug-likeness (QED) is 0.144. The van der Waals surface area contributed by atoms with Gasteiger partial charge in [-0.15, -0.1) is 0 Å². The number of pyridine rings is 1. The van der Waals surface area contributed by atoms with Gasteiger partial charge in [0.1, 0.15) is 18.8 Å². The van der Waals surface area contributed by atoms with Crippen LogP contribution in [-0.2, 0) is 18.9 Å². The largest absolute Gasteiger partial charge is 0.477 e. The van der Waals surface area contributed by atoms with Crippen molar-refractivity contribution in [1.82, 2.24) is 9.97 Å². The fourth-order valence-electron chi connectivity index (χ4n) is 3.74. The summed E-state index contributed by atoms with van der Waals surface area (Å²) >= 11 is 0. The molecule has 1 aromatic carbocycles. The van der Waals surface area contributed by atoms with E-state index < -0.39 is 11.6 Å². The van der Waals surface area contributed by atoms with Crippen LogP contribution in [0.3, 0.4) is 0 Å². The molecule has 0 saturated heterocycles. The Bertz CT molecular complexity index is 1400. The second-order valence-electron chi connectivity index (χ2n) is 8.53. The number of rotatable bonds is 17. The summed E-state index contributed by atoms with van der Waals surface area (Å²) < 4.78 is 33.2. The molecule has 0 aliphatic carbocycles. The number of hydrogen-bond acceptors (Lipinski definition) is 11. The van der Waals surface area contributed by atoms with Crippen LogP contribution in [0.4, 0.5) is 0 Å². The molecular formula is C29H35N3O9. The minimum atomic E-state index is -1.10. The van der Waals surface area contributed by atoms with Crippen LogP contribution in [0.1, 0.15) is 35.2 Å². The zero-order valence-electron chi connectivity index (χ0n) is 23.5.